The maximum Gasteiger partial charge on any atom is 0.472 e. The maximum atomic E-state index is 13.1. The van der Waals surface area contributed by atoms with Crippen LogP contribution in [0.25, 0.3) is 0 Å². The van der Waals surface area contributed by atoms with Gasteiger partial charge in [-0.2, -0.15) is 0 Å². The minimum Gasteiger partial charge on any atom is -0.462 e. The number of carbonyl (C=O) groups is 4. The first kappa shape index (κ1) is 101. The van der Waals surface area contributed by atoms with Crippen molar-refractivity contribution in [3.63, 3.8) is 0 Å². The Bertz CT molecular complexity index is 2480. The summed E-state index contributed by atoms with van der Waals surface area (Å²) in [6, 6.07) is 0. The zero-order valence-electron chi connectivity index (χ0n) is 66.8. The lowest BCUT2D eigenvalue weighted by molar-refractivity contribution is -0.161. The fourth-order valence-corrected chi connectivity index (χ4v) is 12.6. The molecule has 0 radical (unpaired) electrons. The molecule has 0 aromatic heterocycles. The second kappa shape index (κ2) is 78.6. The van der Waals surface area contributed by atoms with E-state index in [2.05, 4.69) is 137 Å². The predicted octanol–water partition coefficient (Wildman–Crippen LogP) is 24.7. The molecule has 3 N–H and O–H groups in total. The van der Waals surface area contributed by atoms with Crippen molar-refractivity contribution < 1.29 is 80.2 Å². The van der Waals surface area contributed by atoms with Crippen LogP contribution < -0.4 is 0 Å². The van der Waals surface area contributed by atoms with Crippen LogP contribution in [0.4, 0.5) is 0 Å². The highest BCUT2D eigenvalue weighted by Gasteiger charge is 2.30. The van der Waals surface area contributed by atoms with Crippen LogP contribution in [0.3, 0.4) is 0 Å². The van der Waals surface area contributed by atoms with Crippen LogP contribution in [0.1, 0.15) is 349 Å². The number of ether oxygens (including phenoxy) is 4. The minimum atomic E-state index is -5.00. The Morgan fingerprint density at radius 3 is 0.821 bits per heavy atom. The first-order chi connectivity index (χ1) is 51.7. The topological polar surface area (TPSA) is 237 Å². The first-order valence-corrected chi connectivity index (χ1v) is 44.8. The third-order valence-corrected chi connectivity index (χ3v) is 19.3. The van der Waals surface area contributed by atoms with Gasteiger partial charge in [0.25, 0.3) is 0 Å². The second-order valence-corrected chi connectivity index (χ2v) is 30.6. The monoisotopic (exact) mass is 1530 g/mol. The van der Waals surface area contributed by atoms with Gasteiger partial charge in [0.15, 0.2) is 12.2 Å². The van der Waals surface area contributed by atoms with Crippen molar-refractivity contribution in [2.24, 2.45) is 0 Å². The van der Waals surface area contributed by atoms with E-state index in [1.807, 2.05) is 12.2 Å². The molecule has 5 unspecified atom stereocenters. The molecule has 0 aromatic rings. The number of phosphoric ester groups is 2. The molecule has 0 rings (SSSR count). The lowest BCUT2D eigenvalue weighted by atomic mass is 10.1. The number of hydrogen-bond donors (Lipinski definition) is 3. The van der Waals surface area contributed by atoms with Gasteiger partial charge in [0.1, 0.15) is 19.3 Å². The minimum absolute atomic E-state index is 0.0113. The fourth-order valence-electron chi connectivity index (χ4n) is 11.0. The van der Waals surface area contributed by atoms with E-state index >= 15 is 0 Å². The maximum absolute atomic E-state index is 13.1. The van der Waals surface area contributed by atoms with Crippen molar-refractivity contribution in [1.82, 2.24) is 0 Å². The van der Waals surface area contributed by atoms with Crippen LogP contribution in [-0.4, -0.2) is 96.7 Å². The van der Waals surface area contributed by atoms with E-state index in [0.29, 0.717) is 32.1 Å². The normalized spacial score (nSPS) is 14.4. The number of aliphatic hydroxyl groups is 1. The van der Waals surface area contributed by atoms with Crippen molar-refractivity contribution in [2.45, 2.75) is 367 Å². The van der Waals surface area contributed by atoms with Gasteiger partial charge in [-0.1, -0.05) is 290 Å². The molecule has 0 heterocycles. The lowest BCUT2D eigenvalue weighted by Crippen LogP contribution is -2.30. The molecule has 0 saturated heterocycles. The molecule has 0 saturated carbocycles. The van der Waals surface area contributed by atoms with E-state index in [1.165, 1.54) is 96.3 Å². The third-order valence-electron chi connectivity index (χ3n) is 17.4. The number of rotatable bonds is 78. The Labute approximate surface area is 644 Å². The summed E-state index contributed by atoms with van der Waals surface area (Å²) in [5, 5.41) is 10.7. The summed E-state index contributed by atoms with van der Waals surface area (Å²) >= 11 is 0. The van der Waals surface area contributed by atoms with Crippen molar-refractivity contribution in [3.8, 4) is 0 Å². The number of unbranched alkanes of at least 4 members (excludes halogenated alkanes) is 32. The molecule has 106 heavy (non-hydrogen) atoms. The molecule has 17 nitrogen and oxygen atoms in total. The predicted molar refractivity (Wildman–Crippen MR) is 436 cm³/mol. The lowest BCUT2D eigenvalue weighted by Gasteiger charge is -2.21. The fraction of sp³-hybridized carbons (Fsp3) is 0.724. The first-order valence-electron chi connectivity index (χ1n) is 41.8. The van der Waals surface area contributed by atoms with Gasteiger partial charge in [-0.15, -0.1) is 0 Å². The van der Waals surface area contributed by atoms with Crippen molar-refractivity contribution in [2.75, 3.05) is 39.6 Å². The van der Waals surface area contributed by atoms with Crippen molar-refractivity contribution >= 4 is 39.5 Å². The van der Waals surface area contributed by atoms with E-state index in [0.717, 1.165) is 167 Å². The number of hydrogen-bond acceptors (Lipinski definition) is 15. The number of aliphatic hydroxyl groups excluding tert-OH is 1. The Morgan fingerprint density at radius 1 is 0.274 bits per heavy atom. The van der Waals surface area contributed by atoms with Crippen LogP contribution in [0, 0.1) is 0 Å². The van der Waals surface area contributed by atoms with Crippen LogP contribution in [0.5, 0.6) is 0 Å². The largest absolute Gasteiger partial charge is 0.472 e. The number of esters is 4. The summed E-state index contributed by atoms with van der Waals surface area (Å²) in [7, 11) is -9.99. The highest BCUT2D eigenvalue weighted by molar-refractivity contribution is 7.47. The van der Waals surface area contributed by atoms with E-state index in [1.54, 1.807) is 0 Å². The number of carbonyl (C=O) groups excluding carboxylic acids is 4. The second-order valence-electron chi connectivity index (χ2n) is 27.7. The summed E-state index contributed by atoms with van der Waals surface area (Å²) in [5.41, 5.74) is 0. The summed E-state index contributed by atoms with van der Waals surface area (Å²) in [4.78, 5) is 73.1. The van der Waals surface area contributed by atoms with E-state index in [-0.39, 0.29) is 25.7 Å². The number of phosphoric acid groups is 2. The molecular formula is C87H150O17P2. The zero-order chi connectivity index (χ0) is 77.4. The highest BCUT2D eigenvalue weighted by atomic mass is 31.2. The molecular weight excluding hydrogens is 1380 g/mol. The van der Waals surface area contributed by atoms with Crippen molar-refractivity contribution in [3.05, 3.63) is 122 Å². The highest BCUT2D eigenvalue weighted by Crippen LogP contribution is 2.45. The van der Waals surface area contributed by atoms with Crippen LogP contribution in [-0.2, 0) is 65.4 Å². The van der Waals surface area contributed by atoms with Gasteiger partial charge in [-0.05, 0) is 154 Å². The molecule has 0 fully saturated rings. The Hall–Kier alpha value is -4.54. The van der Waals surface area contributed by atoms with E-state index < -0.39 is 97.5 Å². The molecule has 5 atom stereocenters. The standard InChI is InChI=1S/C87H150O17P2/c1-5-9-13-17-21-25-29-33-37-39-40-42-45-48-52-56-60-64-68-72-85(90)98-78-83(104-87(92)74-70-66-62-58-54-50-46-41-38-34-30-26-22-18-14-10-6-2)80-102-106(95,96)100-76-81(88)75-99-105(93,94)101-79-82(103-86(91)73-69-65-61-57-53-49-44-36-32-28-24-20-16-12-8-4)77-97-84(89)71-67-63-59-55-51-47-43-35-31-27-23-19-15-11-7-3/h10,14,21-22,25-26,33-38,40,42-44,46,50,58,62,81-83,88H,5-9,11-13,15-20,23-24,27-32,39,41,45,47-49,51-57,59-61,63-80H2,1-4H3,(H,93,94)(H,95,96)/b14-10-,25-21-,26-22-,37-33-,38-34-,42-40-,43-35-,44-36-,50-46-,62-58-. The van der Waals surface area contributed by atoms with Crippen LogP contribution >= 0.6 is 15.6 Å². The SMILES string of the molecule is CC/C=C\C/C=C\C/C=C\C/C=C\C/C=C\CCCC(=O)OC(COC(=O)CCCCCCCC/C=C\C/C=C\C/C=C\CCCCC)COP(=O)(O)OCC(O)COP(=O)(O)OCC(COC(=O)CCCCCCC/C=C\CCCCCCCC)OC(=O)CCCCCCC/C=C\CCCCCCCC. The Kier molecular flexibility index (Phi) is 75.2. The molecule has 0 bridgehead atoms. The van der Waals surface area contributed by atoms with Crippen LogP contribution in [0.15, 0.2) is 122 Å². The zero-order valence-corrected chi connectivity index (χ0v) is 68.6. The molecule has 0 aliphatic rings. The molecule has 0 amide bonds. The molecule has 0 aliphatic carbocycles. The average Bonchev–Trinajstić information content (AvgIpc) is 0.907. The third kappa shape index (κ3) is 77.6. The molecule has 19 heteroatoms. The smallest absolute Gasteiger partial charge is 0.462 e. The van der Waals surface area contributed by atoms with Gasteiger partial charge in [0.2, 0.25) is 0 Å². The molecule has 0 aromatic carbocycles. The van der Waals surface area contributed by atoms with Crippen molar-refractivity contribution in [1.29, 1.82) is 0 Å². The quantitative estimate of drug-likeness (QED) is 0.0169. The number of allylic oxidation sites excluding steroid dienone is 20. The van der Waals surface area contributed by atoms with Crippen LogP contribution in [0.2, 0.25) is 0 Å². The van der Waals surface area contributed by atoms with E-state index in [9.17, 15) is 43.2 Å². The van der Waals surface area contributed by atoms with Gasteiger partial charge in [-0.3, -0.25) is 37.3 Å². The Balaban J connectivity index is 5.43. The molecule has 0 aliphatic heterocycles. The summed E-state index contributed by atoms with van der Waals surface area (Å²) < 4.78 is 68.7. The Morgan fingerprint density at radius 2 is 0.500 bits per heavy atom. The van der Waals surface area contributed by atoms with E-state index in [4.69, 9.17) is 37.0 Å². The molecule has 0 spiro atoms. The summed E-state index contributed by atoms with van der Waals surface area (Å²) in [6.45, 7) is 4.66. The van der Waals surface area contributed by atoms with Gasteiger partial charge in [-0.25, -0.2) is 9.13 Å². The average molecular weight is 1530 g/mol. The van der Waals surface area contributed by atoms with Gasteiger partial charge in [0, 0.05) is 25.7 Å². The van der Waals surface area contributed by atoms with Gasteiger partial charge >= 0.3 is 39.5 Å². The molecule has 610 valence electrons. The summed E-state index contributed by atoms with van der Waals surface area (Å²) in [6.07, 6.45) is 87.4. The summed E-state index contributed by atoms with van der Waals surface area (Å²) in [5.74, 6) is -2.26. The van der Waals surface area contributed by atoms with Gasteiger partial charge in [0.05, 0.1) is 26.4 Å². The van der Waals surface area contributed by atoms with Gasteiger partial charge < -0.3 is 33.8 Å².